The van der Waals surface area contributed by atoms with Crippen molar-refractivity contribution in [2.45, 2.75) is 38.1 Å². The number of pyridine rings is 1. The Morgan fingerprint density at radius 1 is 0.913 bits per heavy atom. The van der Waals surface area contributed by atoms with Crippen LogP contribution >= 0.6 is 0 Å². The molecule has 1 spiro atoms. The van der Waals surface area contributed by atoms with Gasteiger partial charge in [0.15, 0.2) is 0 Å². The first-order valence-electron chi connectivity index (χ1n) is 12.9. The Labute approximate surface area is 255 Å². The van der Waals surface area contributed by atoms with Gasteiger partial charge in [0.05, 0.1) is 31.7 Å². The quantitative estimate of drug-likeness (QED) is 0.368. The molecule has 0 unspecified atom stereocenters. The first-order valence-corrected chi connectivity index (χ1v) is 12.9. The number of hydrogen-bond donors (Lipinski definition) is 3. The van der Waals surface area contributed by atoms with Gasteiger partial charge in [-0.15, -0.1) is 0 Å². The molecule has 2 aromatic heterocycles. The Hall–Kier alpha value is -3.91. The van der Waals surface area contributed by atoms with Gasteiger partial charge in [0.25, 0.3) is 0 Å². The molecule has 2 aliphatic heterocycles. The van der Waals surface area contributed by atoms with Gasteiger partial charge >= 0.3 is 36.4 Å². The van der Waals surface area contributed by atoms with Crippen LogP contribution in [0.5, 0.6) is 0 Å². The first-order chi connectivity index (χ1) is 21.1. The maximum Gasteiger partial charge on any atom is 0.490 e. The zero-order valence-corrected chi connectivity index (χ0v) is 23.9. The van der Waals surface area contributed by atoms with Crippen LogP contribution in [0.25, 0.3) is 0 Å². The molecule has 0 saturated carbocycles. The number of ether oxygens (including phenoxy) is 1. The van der Waals surface area contributed by atoms with Gasteiger partial charge in [-0.05, 0) is 44.3 Å². The van der Waals surface area contributed by atoms with Crippen molar-refractivity contribution in [1.82, 2.24) is 14.8 Å². The van der Waals surface area contributed by atoms with Gasteiger partial charge in [0, 0.05) is 37.2 Å². The van der Waals surface area contributed by atoms with Crippen molar-refractivity contribution in [2.24, 2.45) is 11.3 Å². The van der Waals surface area contributed by atoms with Crippen LogP contribution in [0.3, 0.4) is 0 Å². The first kappa shape index (κ1) is 40.1. The summed E-state index contributed by atoms with van der Waals surface area (Å²) < 4.78 is 107. The van der Waals surface area contributed by atoms with Gasteiger partial charge in [-0.2, -0.15) is 39.5 Å². The van der Waals surface area contributed by atoms with Crippen molar-refractivity contribution in [1.29, 1.82) is 0 Å². The second-order valence-electron chi connectivity index (χ2n) is 10.0. The summed E-state index contributed by atoms with van der Waals surface area (Å²) in [6, 6.07) is 10.0. The van der Waals surface area contributed by atoms with Crippen LogP contribution in [-0.4, -0.2) is 106 Å². The van der Waals surface area contributed by atoms with Crippen molar-refractivity contribution in [3.8, 4) is 0 Å². The highest BCUT2D eigenvalue weighted by Gasteiger charge is 2.49. The molecule has 0 aromatic carbocycles. The Morgan fingerprint density at radius 2 is 1.46 bits per heavy atom. The number of carbonyl (C=O) groups is 3. The van der Waals surface area contributed by atoms with E-state index in [1.165, 1.54) is 13.0 Å². The number of halogens is 9. The molecule has 4 heterocycles. The van der Waals surface area contributed by atoms with Gasteiger partial charge in [0.1, 0.15) is 5.76 Å². The maximum atomic E-state index is 10.6. The number of aromatic nitrogens is 1. The average Bonchev–Trinajstić information content (AvgIpc) is 3.65. The Kier molecular flexibility index (Phi) is 14.9. The van der Waals surface area contributed by atoms with Gasteiger partial charge in [-0.1, -0.05) is 6.07 Å². The molecule has 2 aromatic rings. The van der Waals surface area contributed by atoms with E-state index in [-0.39, 0.29) is 0 Å². The number of aliphatic carboxylic acids is 3. The average molecular weight is 684 g/mol. The van der Waals surface area contributed by atoms with E-state index in [2.05, 4.69) is 27.9 Å². The van der Waals surface area contributed by atoms with E-state index in [1.807, 2.05) is 30.5 Å². The number of likely N-dealkylation sites (tertiary alicyclic amines) is 2. The molecule has 11 nitrogen and oxygen atoms in total. The predicted octanol–water partition coefficient (Wildman–Crippen LogP) is 4.55. The number of carboxylic acids is 3. The van der Waals surface area contributed by atoms with E-state index in [4.69, 9.17) is 38.9 Å². The number of alkyl halides is 9. The normalized spacial score (nSPS) is 20.1. The summed E-state index contributed by atoms with van der Waals surface area (Å²) in [5.41, 5.74) is 1.36. The Bertz CT molecular complexity index is 1170. The lowest BCUT2D eigenvalue weighted by molar-refractivity contribution is -0.193. The van der Waals surface area contributed by atoms with Crippen LogP contribution in [0.2, 0.25) is 0 Å². The minimum Gasteiger partial charge on any atom is -0.475 e. The lowest BCUT2D eigenvalue weighted by Gasteiger charge is -2.30. The van der Waals surface area contributed by atoms with Crippen LogP contribution in [-0.2, 0) is 32.3 Å². The van der Waals surface area contributed by atoms with Crippen LogP contribution < -0.4 is 0 Å². The second kappa shape index (κ2) is 17.1. The van der Waals surface area contributed by atoms with Crippen LogP contribution in [0.1, 0.15) is 17.9 Å². The molecule has 2 fully saturated rings. The highest BCUT2D eigenvalue weighted by Crippen LogP contribution is 2.44. The lowest BCUT2D eigenvalue weighted by Crippen LogP contribution is -2.36. The van der Waals surface area contributed by atoms with Gasteiger partial charge in [0.2, 0.25) is 0 Å². The standard InChI is InChI=1S/C20H27N3O2.3C2HF3O2/c1-22-11-17(13-24-14-18-5-2-3-8-21-18)20(15-22)7-9-23(16-20)12-19-6-4-10-25-19;3*3-2(4,5)1(6)7/h2-6,8,10,17H,7,9,11-16H2,1H3;3*(H,6,7)/t17-,20+;;;/m0.../s1. The van der Waals surface area contributed by atoms with E-state index >= 15 is 0 Å². The summed E-state index contributed by atoms with van der Waals surface area (Å²) in [5.74, 6) is -6.62. The molecule has 260 valence electrons. The largest absolute Gasteiger partial charge is 0.490 e. The maximum absolute atomic E-state index is 10.6. The minimum absolute atomic E-state index is 0.353. The number of furan rings is 1. The molecule has 0 radical (unpaired) electrons. The van der Waals surface area contributed by atoms with E-state index in [1.54, 1.807) is 6.26 Å². The molecule has 2 saturated heterocycles. The third-order valence-corrected chi connectivity index (χ3v) is 6.43. The second-order valence-corrected chi connectivity index (χ2v) is 10.0. The van der Waals surface area contributed by atoms with Crippen molar-refractivity contribution in [3.05, 3.63) is 54.2 Å². The molecule has 2 atom stereocenters. The molecule has 0 bridgehead atoms. The van der Waals surface area contributed by atoms with Crippen LogP contribution in [0.15, 0.2) is 47.2 Å². The summed E-state index contributed by atoms with van der Waals surface area (Å²) in [5, 5.41) is 21.4. The van der Waals surface area contributed by atoms with E-state index < -0.39 is 36.4 Å². The van der Waals surface area contributed by atoms with E-state index in [0.29, 0.717) is 17.9 Å². The van der Waals surface area contributed by atoms with E-state index in [9.17, 15) is 39.5 Å². The number of carboxylic acid groups (broad SMARTS) is 3. The van der Waals surface area contributed by atoms with Crippen molar-refractivity contribution < 1.29 is 78.4 Å². The third kappa shape index (κ3) is 14.5. The van der Waals surface area contributed by atoms with Crippen LogP contribution in [0, 0.1) is 11.3 Å². The van der Waals surface area contributed by atoms with Gasteiger partial charge < -0.3 is 29.4 Å². The zero-order chi connectivity index (χ0) is 35.3. The Morgan fingerprint density at radius 3 is 1.89 bits per heavy atom. The molecule has 3 N–H and O–H groups in total. The van der Waals surface area contributed by atoms with Gasteiger partial charge in [-0.3, -0.25) is 9.88 Å². The minimum atomic E-state index is -5.08. The fraction of sp³-hybridized carbons (Fsp3) is 0.538. The summed E-state index contributed by atoms with van der Waals surface area (Å²) in [4.78, 5) is 36.0. The SMILES string of the molecule is CN1C[C@@H](COCc2ccccn2)[C@]2(CCN(Cc3ccco3)C2)C1.O=C(O)C(F)(F)F.O=C(O)C(F)(F)F.O=C(O)C(F)(F)F. The number of nitrogens with zero attached hydrogens (tertiary/aromatic N) is 3. The van der Waals surface area contributed by atoms with Crippen molar-refractivity contribution in [2.75, 3.05) is 39.8 Å². The van der Waals surface area contributed by atoms with Gasteiger partial charge in [-0.25, -0.2) is 14.4 Å². The highest BCUT2D eigenvalue weighted by atomic mass is 19.4. The molecule has 2 aliphatic rings. The van der Waals surface area contributed by atoms with Crippen molar-refractivity contribution >= 4 is 17.9 Å². The third-order valence-electron chi connectivity index (χ3n) is 6.43. The lowest BCUT2D eigenvalue weighted by atomic mass is 9.77. The van der Waals surface area contributed by atoms with E-state index in [0.717, 1.165) is 44.2 Å². The molecule has 20 heteroatoms. The molecule has 0 amide bonds. The van der Waals surface area contributed by atoms with Crippen LogP contribution in [0.4, 0.5) is 39.5 Å². The highest BCUT2D eigenvalue weighted by molar-refractivity contribution is 5.73. The smallest absolute Gasteiger partial charge is 0.475 e. The molecular weight excluding hydrogens is 653 g/mol. The monoisotopic (exact) mass is 683 g/mol. The molecular formula is C26H30F9N3O8. The van der Waals surface area contributed by atoms with Crippen molar-refractivity contribution in [3.63, 3.8) is 0 Å². The fourth-order valence-electron chi connectivity index (χ4n) is 4.52. The summed E-state index contributed by atoms with van der Waals surface area (Å²) in [6.45, 7) is 6.90. The fourth-order valence-corrected chi connectivity index (χ4v) is 4.52. The summed E-state index contributed by atoms with van der Waals surface area (Å²) in [6.07, 6.45) is -10.4. The molecule has 0 aliphatic carbocycles. The summed E-state index contributed by atoms with van der Waals surface area (Å²) in [7, 11) is 2.23. The molecule has 4 rings (SSSR count). The number of hydrogen-bond acceptors (Lipinski definition) is 8. The number of rotatable bonds is 6. The summed E-state index contributed by atoms with van der Waals surface area (Å²) >= 11 is 0. The predicted molar refractivity (Wildman–Crippen MR) is 137 cm³/mol. The Balaban J connectivity index is 0.000000413. The topological polar surface area (TPSA) is 154 Å². The zero-order valence-electron chi connectivity index (χ0n) is 23.9. The molecule has 46 heavy (non-hydrogen) atoms.